The standard InChI is InChI=1S/C22H25N3O2/c1-17-8-10-20(11-9-17)26-15-5-13-25-14-12-19(16-25)22-23-21(24-27-22)18-6-3-2-4-7-18/h2-4,6-11,19H,5,12-16H2,1H3/t19-/m1/s1. The summed E-state index contributed by atoms with van der Waals surface area (Å²) in [7, 11) is 0. The maximum atomic E-state index is 5.82. The Morgan fingerprint density at radius 3 is 2.74 bits per heavy atom. The molecular formula is C22H25N3O2. The molecule has 0 N–H and O–H groups in total. The van der Waals surface area contributed by atoms with Crippen molar-refractivity contribution in [2.75, 3.05) is 26.2 Å². The molecule has 4 rings (SSSR count). The molecule has 1 atom stereocenters. The lowest BCUT2D eigenvalue weighted by Gasteiger charge is -2.15. The van der Waals surface area contributed by atoms with Gasteiger partial charge in [0.15, 0.2) is 0 Å². The van der Waals surface area contributed by atoms with Crippen molar-refractivity contribution in [1.82, 2.24) is 15.0 Å². The topological polar surface area (TPSA) is 51.4 Å². The van der Waals surface area contributed by atoms with E-state index in [1.54, 1.807) is 0 Å². The second-order valence-electron chi connectivity index (χ2n) is 7.12. The molecule has 1 aliphatic heterocycles. The summed E-state index contributed by atoms with van der Waals surface area (Å²) in [6.07, 6.45) is 2.08. The molecule has 27 heavy (non-hydrogen) atoms. The van der Waals surface area contributed by atoms with Crippen molar-refractivity contribution in [2.24, 2.45) is 0 Å². The van der Waals surface area contributed by atoms with E-state index in [9.17, 15) is 0 Å². The van der Waals surface area contributed by atoms with Gasteiger partial charge < -0.3 is 14.2 Å². The van der Waals surface area contributed by atoms with Gasteiger partial charge in [-0.15, -0.1) is 0 Å². The van der Waals surface area contributed by atoms with Gasteiger partial charge in [0.2, 0.25) is 11.7 Å². The largest absolute Gasteiger partial charge is 0.494 e. The highest BCUT2D eigenvalue weighted by molar-refractivity contribution is 5.53. The van der Waals surface area contributed by atoms with E-state index in [-0.39, 0.29) is 0 Å². The number of aromatic nitrogens is 2. The van der Waals surface area contributed by atoms with Crippen LogP contribution in [0.15, 0.2) is 59.1 Å². The molecule has 3 aromatic rings. The van der Waals surface area contributed by atoms with Gasteiger partial charge >= 0.3 is 0 Å². The summed E-state index contributed by atoms with van der Waals surface area (Å²) in [5.74, 6) is 2.70. The van der Waals surface area contributed by atoms with Gasteiger partial charge in [-0.2, -0.15) is 4.98 Å². The summed E-state index contributed by atoms with van der Waals surface area (Å²) in [6.45, 7) is 5.89. The summed E-state index contributed by atoms with van der Waals surface area (Å²) >= 11 is 0. The fourth-order valence-corrected chi connectivity index (χ4v) is 3.46. The summed E-state index contributed by atoms with van der Waals surface area (Å²) in [5.41, 5.74) is 2.25. The van der Waals surface area contributed by atoms with E-state index in [0.717, 1.165) is 56.3 Å². The molecule has 2 aromatic carbocycles. The molecule has 0 saturated carbocycles. The minimum Gasteiger partial charge on any atom is -0.494 e. The van der Waals surface area contributed by atoms with Gasteiger partial charge in [-0.1, -0.05) is 53.2 Å². The first-order chi connectivity index (χ1) is 13.3. The maximum absolute atomic E-state index is 5.82. The predicted octanol–water partition coefficient (Wildman–Crippen LogP) is 4.30. The first-order valence-corrected chi connectivity index (χ1v) is 9.59. The van der Waals surface area contributed by atoms with E-state index in [4.69, 9.17) is 9.26 Å². The van der Waals surface area contributed by atoms with Crippen LogP contribution in [-0.2, 0) is 0 Å². The molecule has 0 aliphatic carbocycles. The molecule has 0 amide bonds. The Morgan fingerprint density at radius 2 is 1.93 bits per heavy atom. The van der Waals surface area contributed by atoms with Gasteiger partial charge in [-0.25, -0.2) is 0 Å². The third-order valence-corrected chi connectivity index (χ3v) is 5.00. The van der Waals surface area contributed by atoms with Crippen molar-refractivity contribution in [3.8, 4) is 17.1 Å². The third kappa shape index (κ3) is 4.55. The molecule has 1 saturated heterocycles. The summed E-state index contributed by atoms with van der Waals surface area (Å²) in [4.78, 5) is 7.06. The fraction of sp³-hybridized carbons (Fsp3) is 0.364. The van der Waals surface area contributed by atoms with Crippen LogP contribution >= 0.6 is 0 Å². The average molecular weight is 363 g/mol. The minimum atomic E-state index is 0.327. The summed E-state index contributed by atoms with van der Waals surface area (Å²) in [5, 5.41) is 4.15. The smallest absolute Gasteiger partial charge is 0.231 e. The third-order valence-electron chi connectivity index (χ3n) is 5.00. The van der Waals surface area contributed by atoms with Crippen LogP contribution in [0.25, 0.3) is 11.4 Å². The van der Waals surface area contributed by atoms with Gasteiger partial charge in [0, 0.05) is 18.7 Å². The lowest BCUT2D eigenvalue weighted by molar-refractivity contribution is 0.258. The molecule has 1 fully saturated rings. The van der Waals surface area contributed by atoms with Crippen LogP contribution in [0.2, 0.25) is 0 Å². The quantitative estimate of drug-likeness (QED) is 0.586. The van der Waals surface area contributed by atoms with E-state index >= 15 is 0 Å². The number of rotatable bonds is 7. The lowest BCUT2D eigenvalue weighted by Crippen LogP contribution is -2.23. The Bertz CT molecular complexity index is 846. The van der Waals surface area contributed by atoms with Crippen LogP contribution in [0.5, 0.6) is 5.75 Å². The van der Waals surface area contributed by atoms with Crippen molar-refractivity contribution in [2.45, 2.75) is 25.7 Å². The Kier molecular flexibility index (Phi) is 5.49. The Labute approximate surface area is 160 Å². The monoisotopic (exact) mass is 363 g/mol. The fourth-order valence-electron chi connectivity index (χ4n) is 3.46. The first-order valence-electron chi connectivity index (χ1n) is 9.59. The second-order valence-corrected chi connectivity index (χ2v) is 7.12. The van der Waals surface area contributed by atoms with E-state index in [0.29, 0.717) is 11.7 Å². The second kappa shape index (κ2) is 8.35. The molecule has 0 spiro atoms. The van der Waals surface area contributed by atoms with Crippen LogP contribution in [0, 0.1) is 6.92 Å². The van der Waals surface area contributed by atoms with Gasteiger partial charge in [-0.05, 0) is 38.4 Å². The Balaban J connectivity index is 1.23. The van der Waals surface area contributed by atoms with Crippen molar-refractivity contribution in [3.05, 3.63) is 66.1 Å². The van der Waals surface area contributed by atoms with Gasteiger partial charge in [0.25, 0.3) is 0 Å². The number of nitrogens with zero attached hydrogens (tertiary/aromatic N) is 3. The summed E-state index contributed by atoms with van der Waals surface area (Å²) < 4.78 is 11.3. The predicted molar refractivity (Wildman–Crippen MR) is 105 cm³/mol. The first kappa shape index (κ1) is 17.7. The molecule has 1 aliphatic rings. The van der Waals surface area contributed by atoms with Gasteiger partial charge in [0.05, 0.1) is 12.5 Å². The zero-order chi connectivity index (χ0) is 18.5. The molecule has 0 bridgehead atoms. The highest BCUT2D eigenvalue weighted by Crippen LogP contribution is 2.27. The molecule has 1 aromatic heterocycles. The van der Waals surface area contributed by atoms with Crippen molar-refractivity contribution < 1.29 is 9.26 Å². The Morgan fingerprint density at radius 1 is 1.11 bits per heavy atom. The van der Waals surface area contributed by atoms with Crippen molar-refractivity contribution in [1.29, 1.82) is 0 Å². The van der Waals surface area contributed by atoms with Crippen LogP contribution in [-0.4, -0.2) is 41.3 Å². The number of aryl methyl sites for hydroxylation is 1. The number of ether oxygens (including phenoxy) is 1. The van der Waals surface area contributed by atoms with Crippen LogP contribution in [0.3, 0.4) is 0 Å². The van der Waals surface area contributed by atoms with E-state index in [2.05, 4.69) is 34.1 Å². The normalized spacial score (nSPS) is 17.3. The van der Waals surface area contributed by atoms with E-state index < -0.39 is 0 Å². The average Bonchev–Trinajstić information content (AvgIpc) is 3.37. The van der Waals surface area contributed by atoms with Crippen molar-refractivity contribution in [3.63, 3.8) is 0 Å². The summed E-state index contributed by atoms with van der Waals surface area (Å²) in [6, 6.07) is 18.2. The highest BCUT2D eigenvalue weighted by Gasteiger charge is 2.28. The molecule has 0 radical (unpaired) electrons. The van der Waals surface area contributed by atoms with Crippen molar-refractivity contribution >= 4 is 0 Å². The molecule has 5 nitrogen and oxygen atoms in total. The van der Waals surface area contributed by atoms with E-state index in [1.165, 1.54) is 5.56 Å². The Hall–Kier alpha value is -2.66. The van der Waals surface area contributed by atoms with Crippen LogP contribution < -0.4 is 4.74 Å². The lowest BCUT2D eigenvalue weighted by atomic mass is 10.1. The molecular weight excluding hydrogens is 338 g/mol. The van der Waals surface area contributed by atoms with Gasteiger partial charge in [0.1, 0.15) is 5.75 Å². The van der Waals surface area contributed by atoms with Crippen LogP contribution in [0.4, 0.5) is 0 Å². The zero-order valence-corrected chi connectivity index (χ0v) is 15.7. The van der Waals surface area contributed by atoms with Crippen LogP contribution in [0.1, 0.15) is 30.2 Å². The molecule has 5 heteroatoms. The highest BCUT2D eigenvalue weighted by atomic mass is 16.5. The molecule has 140 valence electrons. The number of hydrogen-bond acceptors (Lipinski definition) is 5. The molecule has 0 unspecified atom stereocenters. The molecule has 2 heterocycles. The maximum Gasteiger partial charge on any atom is 0.231 e. The van der Waals surface area contributed by atoms with Gasteiger partial charge in [-0.3, -0.25) is 0 Å². The zero-order valence-electron chi connectivity index (χ0n) is 15.7. The SMILES string of the molecule is Cc1ccc(OCCCN2CC[C@@H](c3nc(-c4ccccc4)no3)C2)cc1. The number of likely N-dealkylation sites (tertiary alicyclic amines) is 1. The minimum absolute atomic E-state index is 0.327. The number of benzene rings is 2. The number of hydrogen-bond donors (Lipinski definition) is 0. The van der Waals surface area contributed by atoms with E-state index in [1.807, 2.05) is 42.5 Å².